The number of unbranched alkanes of at least 4 members (excludes halogenated alkanes) is 2. The standard InChI is InChI=1S/C47H58N2O9S/c1-7-24-55-47-42(49(5)45(52)31-14-20-40-41(26-31)54-29-53-40)28-38(48-58-46(2,3)4)36-25-30(12-8-10-22-50)35(13-9-11-23-51)43(44(36)47)37-27-33(17-21-39(37)57-47)56-32-15-18-34(59-6)19-16-32/h7,14-21,25-27,30,35,42-44,50-51H,1,8-13,22-24,28-29H2,2-6H3. The molecule has 3 aromatic carbocycles. The normalized spacial score (nSPS) is 24.7. The van der Waals surface area contributed by atoms with Crippen LogP contribution in [0.3, 0.4) is 0 Å². The van der Waals surface area contributed by atoms with Crippen LogP contribution >= 0.6 is 11.8 Å². The highest BCUT2D eigenvalue weighted by Gasteiger charge is 2.65. The second-order valence-electron chi connectivity index (χ2n) is 16.7. The monoisotopic (exact) mass is 826 g/mol. The first-order chi connectivity index (χ1) is 28.5. The molecular weight excluding hydrogens is 769 g/mol. The van der Waals surface area contributed by atoms with E-state index in [0.29, 0.717) is 41.4 Å². The Kier molecular flexibility index (Phi) is 13.3. The zero-order chi connectivity index (χ0) is 41.7. The van der Waals surface area contributed by atoms with Crippen LogP contribution in [0, 0.1) is 17.8 Å². The minimum Gasteiger partial charge on any atom is -0.459 e. The van der Waals surface area contributed by atoms with Gasteiger partial charge in [-0.2, -0.15) is 0 Å². The van der Waals surface area contributed by atoms with Crippen molar-refractivity contribution in [2.24, 2.45) is 22.9 Å². The van der Waals surface area contributed by atoms with Crippen LogP contribution in [0.4, 0.5) is 0 Å². The number of benzene rings is 3. The Bertz CT molecular complexity index is 2030. The summed E-state index contributed by atoms with van der Waals surface area (Å²) in [4.78, 5) is 23.8. The van der Waals surface area contributed by atoms with Gasteiger partial charge in [0.1, 0.15) is 28.9 Å². The van der Waals surface area contributed by atoms with E-state index in [1.165, 1.54) is 0 Å². The van der Waals surface area contributed by atoms with E-state index >= 15 is 0 Å². The van der Waals surface area contributed by atoms with Crippen LogP contribution in [0.15, 0.2) is 95.0 Å². The lowest BCUT2D eigenvalue weighted by Gasteiger charge is -2.59. The predicted octanol–water partition coefficient (Wildman–Crippen LogP) is 9.13. The maximum atomic E-state index is 14.7. The Morgan fingerprint density at radius 2 is 1.68 bits per heavy atom. The molecule has 0 bridgehead atoms. The number of thioether (sulfide) groups is 1. The highest BCUT2D eigenvalue weighted by atomic mass is 32.2. The number of fused-ring (bicyclic) bond motifs is 3. The first kappa shape index (κ1) is 42.6. The van der Waals surface area contributed by atoms with Gasteiger partial charge in [0.25, 0.3) is 5.91 Å². The highest BCUT2D eigenvalue weighted by molar-refractivity contribution is 7.98. The summed E-state index contributed by atoms with van der Waals surface area (Å²) >= 11 is 1.68. The van der Waals surface area contributed by atoms with Crippen LogP contribution < -0.4 is 18.9 Å². The van der Waals surface area contributed by atoms with Crippen molar-refractivity contribution >= 4 is 23.4 Å². The van der Waals surface area contributed by atoms with E-state index in [-0.39, 0.29) is 56.7 Å². The lowest BCUT2D eigenvalue weighted by atomic mass is 9.55. The van der Waals surface area contributed by atoms with Crippen LogP contribution in [0.2, 0.25) is 0 Å². The quantitative estimate of drug-likeness (QED) is 0.0589. The van der Waals surface area contributed by atoms with E-state index in [2.05, 4.69) is 18.7 Å². The lowest BCUT2D eigenvalue weighted by molar-refractivity contribution is -0.252. The van der Waals surface area contributed by atoms with Gasteiger partial charge in [-0.15, -0.1) is 18.3 Å². The molecule has 1 amide bonds. The molecule has 59 heavy (non-hydrogen) atoms. The molecule has 0 saturated heterocycles. The molecule has 3 aromatic rings. The fourth-order valence-corrected chi connectivity index (χ4v) is 9.55. The average Bonchev–Trinajstić information content (AvgIpc) is 3.71. The van der Waals surface area contributed by atoms with Gasteiger partial charge in [-0.05, 0) is 131 Å². The van der Waals surface area contributed by atoms with Gasteiger partial charge in [-0.1, -0.05) is 30.1 Å². The molecule has 6 unspecified atom stereocenters. The fourth-order valence-electron chi connectivity index (χ4n) is 9.14. The Labute approximate surface area is 352 Å². The van der Waals surface area contributed by atoms with Gasteiger partial charge < -0.3 is 43.6 Å². The van der Waals surface area contributed by atoms with Crippen molar-refractivity contribution in [3.63, 3.8) is 0 Å². The Morgan fingerprint density at radius 1 is 0.966 bits per heavy atom. The maximum absolute atomic E-state index is 14.7. The van der Waals surface area contributed by atoms with Gasteiger partial charge in [-0.25, -0.2) is 0 Å². The van der Waals surface area contributed by atoms with Crippen LogP contribution in [0.25, 0.3) is 0 Å². The highest BCUT2D eigenvalue weighted by Crippen LogP contribution is 2.62. The number of aliphatic hydroxyl groups is 2. The molecule has 11 nitrogen and oxygen atoms in total. The Balaban J connectivity index is 1.42. The molecule has 1 saturated carbocycles. The van der Waals surface area contributed by atoms with Crippen molar-refractivity contribution in [1.82, 2.24) is 4.90 Å². The summed E-state index contributed by atoms with van der Waals surface area (Å²) in [6.07, 6.45) is 11.1. The first-order valence-corrected chi connectivity index (χ1v) is 22.0. The van der Waals surface area contributed by atoms with E-state index < -0.39 is 23.3 Å². The number of rotatable bonds is 17. The van der Waals surface area contributed by atoms with Gasteiger partial charge in [0, 0.05) is 48.6 Å². The predicted molar refractivity (Wildman–Crippen MR) is 229 cm³/mol. The molecule has 7 rings (SSSR count). The van der Waals surface area contributed by atoms with Crippen LogP contribution in [0.1, 0.15) is 87.6 Å². The van der Waals surface area contributed by atoms with Crippen molar-refractivity contribution in [3.05, 3.63) is 96.1 Å². The number of aliphatic hydroxyl groups excluding tert-OH is 2. The largest absolute Gasteiger partial charge is 0.459 e. The lowest BCUT2D eigenvalue weighted by Crippen LogP contribution is -2.69. The molecule has 2 heterocycles. The second-order valence-corrected chi connectivity index (χ2v) is 17.6. The van der Waals surface area contributed by atoms with Crippen molar-refractivity contribution in [2.75, 3.05) is 39.9 Å². The molecule has 0 spiro atoms. The number of amides is 1. The van der Waals surface area contributed by atoms with E-state index in [0.717, 1.165) is 53.2 Å². The van der Waals surface area contributed by atoms with Crippen LogP contribution in [-0.2, 0) is 9.57 Å². The van der Waals surface area contributed by atoms with Gasteiger partial charge in [0.2, 0.25) is 12.6 Å². The summed E-state index contributed by atoms with van der Waals surface area (Å²) < 4.78 is 32.1. The zero-order valence-electron chi connectivity index (χ0n) is 34.9. The van der Waals surface area contributed by atoms with Crippen LogP contribution in [-0.4, -0.2) is 84.1 Å². The molecule has 2 aliphatic carbocycles. The second kappa shape index (κ2) is 18.4. The van der Waals surface area contributed by atoms with Crippen LogP contribution in [0.5, 0.6) is 28.7 Å². The summed E-state index contributed by atoms with van der Waals surface area (Å²) in [7, 11) is 1.79. The minimum absolute atomic E-state index is 0.0814. The summed E-state index contributed by atoms with van der Waals surface area (Å²) in [6, 6.07) is 18.6. The third kappa shape index (κ3) is 9.01. The number of carbonyl (C=O) groups is 1. The molecule has 0 aromatic heterocycles. The first-order valence-electron chi connectivity index (χ1n) is 20.8. The van der Waals surface area contributed by atoms with Crippen molar-refractivity contribution in [3.8, 4) is 28.7 Å². The smallest absolute Gasteiger partial charge is 0.254 e. The topological polar surface area (TPSA) is 129 Å². The molecule has 0 radical (unpaired) electrons. The third-order valence-corrected chi connectivity index (χ3v) is 12.5. The summed E-state index contributed by atoms with van der Waals surface area (Å²) in [5.74, 6) is 1.12. The SMILES string of the molecule is C=CCOC12Oc3ccc(Oc4ccc(SC)cc4)cc3C3C(CCCCO)C(CCCCO)C=C(C(=NOC(C)(C)C)CC1N(C)C(=O)c1ccc4c(c1)OCO4)C32. The van der Waals surface area contributed by atoms with Gasteiger partial charge >= 0.3 is 0 Å². The summed E-state index contributed by atoms with van der Waals surface area (Å²) in [5, 5.41) is 24.7. The third-order valence-electron chi connectivity index (χ3n) is 11.8. The van der Waals surface area contributed by atoms with Crippen molar-refractivity contribution in [1.29, 1.82) is 0 Å². The van der Waals surface area contributed by atoms with Gasteiger partial charge in [0.05, 0.1) is 18.2 Å². The van der Waals surface area contributed by atoms with E-state index in [9.17, 15) is 15.0 Å². The number of hydrogen-bond acceptors (Lipinski definition) is 11. The van der Waals surface area contributed by atoms with E-state index in [4.69, 9.17) is 33.7 Å². The molecule has 4 aliphatic rings. The number of allylic oxidation sites excluding steroid dienone is 1. The molecular formula is C47H58N2O9S. The number of ether oxygens (including phenoxy) is 5. The maximum Gasteiger partial charge on any atom is 0.254 e. The summed E-state index contributed by atoms with van der Waals surface area (Å²) in [5.41, 5.74) is 2.55. The number of hydrogen-bond donors (Lipinski definition) is 2. The summed E-state index contributed by atoms with van der Waals surface area (Å²) in [6.45, 7) is 10.4. The van der Waals surface area contributed by atoms with E-state index in [1.54, 1.807) is 48.0 Å². The molecule has 2 aliphatic heterocycles. The Morgan fingerprint density at radius 3 is 2.39 bits per heavy atom. The van der Waals surface area contributed by atoms with Gasteiger partial charge in [0.15, 0.2) is 11.5 Å². The molecule has 6 atom stereocenters. The molecule has 316 valence electrons. The number of oxime groups is 1. The molecule has 12 heteroatoms. The fraction of sp³-hybridized carbons (Fsp3) is 0.489. The number of likely N-dealkylation sites (N-methyl/N-ethyl adjacent to an activating group) is 1. The minimum atomic E-state index is -1.37. The Hall–Kier alpha value is -4.49. The zero-order valence-corrected chi connectivity index (χ0v) is 35.7. The molecule has 2 N–H and O–H groups in total. The van der Waals surface area contributed by atoms with E-state index in [1.807, 2.05) is 63.4 Å². The molecule has 1 fully saturated rings. The van der Waals surface area contributed by atoms with Crippen molar-refractivity contribution < 1.29 is 43.5 Å². The van der Waals surface area contributed by atoms with Gasteiger partial charge in [-0.3, -0.25) is 4.79 Å². The number of nitrogens with zero attached hydrogens (tertiary/aromatic N) is 2. The van der Waals surface area contributed by atoms with Crippen molar-refractivity contribution in [2.45, 2.75) is 94.0 Å². The number of carbonyl (C=O) groups excluding carboxylic acids is 1. The average molecular weight is 827 g/mol.